The van der Waals surface area contributed by atoms with Gasteiger partial charge >= 0.3 is 0 Å². The van der Waals surface area contributed by atoms with E-state index in [1.165, 1.54) is 12.6 Å². The molecule has 1 aromatic carbocycles. The Morgan fingerprint density at radius 3 is 2.83 bits per heavy atom. The molecule has 3 aromatic rings. The molecular weight excluding hydrogens is 402 g/mol. The van der Waals surface area contributed by atoms with Crippen LogP contribution in [0.5, 0.6) is 5.88 Å². The molecule has 4 rings (SSSR count). The van der Waals surface area contributed by atoms with Crippen LogP contribution in [0, 0.1) is 6.92 Å². The van der Waals surface area contributed by atoms with Crippen LogP contribution in [0.2, 0.25) is 5.02 Å². The lowest BCUT2D eigenvalue weighted by Gasteiger charge is -2.19. The summed E-state index contributed by atoms with van der Waals surface area (Å²) in [5, 5.41) is 3.46. The van der Waals surface area contributed by atoms with Crippen LogP contribution < -0.4 is 10.1 Å². The maximum absolute atomic E-state index is 12.6. The van der Waals surface area contributed by atoms with Gasteiger partial charge in [-0.25, -0.2) is 9.97 Å². The zero-order chi connectivity index (χ0) is 21.1. The number of aromatic amines is 1. The molecule has 1 saturated heterocycles. The number of pyridine rings is 1. The largest absolute Gasteiger partial charge is 0.476 e. The molecular formula is C22H24ClN5O2. The number of H-pyrrole nitrogens is 1. The van der Waals surface area contributed by atoms with Gasteiger partial charge in [-0.15, -0.1) is 0 Å². The quantitative estimate of drug-likeness (QED) is 0.619. The molecule has 8 heteroatoms. The molecule has 1 aliphatic heterocycles. The number of anilines is 1. The fourth-order valence-corrected chi connectivity index (χ4v) is 3.76. The minimum absolute atomic E-state index is 0.251. The van der Waals surface area contributed by atoms with Crippen molar-refractivity contribution in [2.75, 3.05) is 25.5 Å². The Kier molecular flexibility index (Phi) is 6.01. The lowest BCUT2D eigenvalue weighted by Crippen LogP contribution is -2.30. The Labute approximate surface area is 180 Å². The van der Waals surface area contributed by atoms with Gasteiger partial charge < -0.3 is 19.9 Å². The first kappa shape index (κ1) is 20.4. The van der Waals surface area contributed by atoms with Crippen molar-refractivity contribution in [2.24, 2.45) is 0 Å². The third kappa shape index (κ3) is 4.63. The van der Waals surface area contributed by atoms with E-state index in [0.717, 1.165) is 30.0 Å². The van der Waals surface area contributed by atoms with Gasteiger partial charge in [-0.3, -0.25) is 4.79 Å². The van der Waals surface area contributed by atoms with E-state index in [4.69, 9.17) is 16.3 Å². The summed E-state index contributed by atoms with van der Waals surface area (Å²) in [5.41, 5.74) is 2.66. The van der Waals surface area contributed by atoms with Crippen molar-refractivity contribution < 1.29 is 9.53 Å². The van der Waals surface area contributed by atoms with Gasteiger partial charge in [0.05, 0.1) is 22.5 Å². The van der Waals surface area contributed by atoms with Crippen LogP contribution >= 0.6 is 11.6 Å². The van der Waals surface area contributed by atoms with Crippen LogP contribution in [0.25, 0.3) is 11.3 Å². The Morgan fingerprint density at radius 1 is 1.30 bits per heavy atom. The van der Waals surface area contributed by atoms with E-state index in [-0.39, 0.29) is 5.91 Å². The first-order chi connectivity index (χ1) is 14.5. The van der Waals surface area contributed by atoms with Gasteiger partial charge in [0.25, 0.3) is 5.91 Å². The summed E-state index contributed by atoms with van der Waals surface area (Å²) >= 11 is 6.31. The number of rotatable bonds is 6. The Bertz CT molecular complexity index is 1030. The van der Waals surface area contributed by atoms with Crippen LogP contribution in [0.3, 0.4) is 0 Å². The molecule has 0 aliphatic carbocycles. The molecule has 30 heavy (non-hydrogen) atoms. The highest BCUT2D eigenvalue weighted by Crippen LogP contribution is 2.29. The number of nitrogens with zero attached hydrogens (tertiary/aromatic N) is 3. The van der Waals surface area contributed by atoms with Crippen LogP contribution in [-0.4, -0.2) is 52.0 Å². The lowest BCUT2D eigenvalue weighted by atomic mass is 10.1. The molecule has 0 spiro atoms. The number of amides is 1. The topological polar surface area (TPSA) is 83.1 Å². The number of aromatic nitrogens is 3. The summed E-state index contributed by atoms with van der Waals surface area (Å²) in [4.78, 5) is 26.5. The van der Waals surface area contributed by atoms with Gasteiger partial charge in [0.1, 0.15) is 12.4 Å². The maximum Gasteiger partial charge on any atom is 0.257 e. The maximum atomic E-state index is 12.6. The predicted molar refractivity (Wildman–Crippen MR) is 117 cm³/mol. The number of nitrogens with one attached hydrogen (secondary N) is 2. The number of carbonyl (C=O) groups is 1. The monoisotopic (exact) mass is 425 g/mol. The third-order valence-corrected chi connectivity index (χ3v) is 5.64. The Morgan fingerprint density at radius 2 is 2.17 bits per heavy atom. The second-order valence-corrected chi connectivity index (χ2v) is 7.91. The van der Waals surface area contributed by atoms with Gasteiger partial charge in [-0.05, 0) is 57.6 Å². The Balaban J connectivity index is 1.40. The highest BCUT2D eigenvalue weighted by molar-refractivity contribution is 6.33. The number of likely N-dealkylation sites (tertiary alicyclic amines) is 1. The minimum atomic E-state index is -0.251. The molecule has 1 aliphatic rings. The summed E-state index contributed by atoms with van der Waals surface area (Å²) in [6.07, 6.45) is 5.58. The average Bonchev–Trinajstić information content (AvgIpc) is 3.36. The SMILES string of the molecule is Cc1ncc(-c2cc(NC(=O)c3ccc(OC[C@@H]4CCCN4C)nc3)ccc2Cl)[nH]1. The fourth-order valence-electron chi connectivity index (χ4n) is 3.54. The van der Waals surface area contributed by atoms with Crippen molar-refractivity contribution in [1.29, 1.82) is 0 Å². The summed E-state index contributed by atoms with van der Waals surface area (Å²) in [6, 6.07) is 9.19. The number of carbonyl (C=O) groups excluding carboxylic acids is 1. The van der Waals surface area contributed by atoms with Crippen LogP contribution in [0.15, 0.2) is 42.7 Å². The van der Waals surface area contributed by atoms with Crippen molar-refractivity contribution in [3.63, 3.8) is 0 Å². The van der Waals surface area contributed by atoms with Crippen LogP contribution in [0.4, 0.5) is 5.69 Å². The standard InChI is InChI=1S/C22H24ClN5O2/c1-14-24-12-20(26-14)18-10-16(6-7-19(18)23)27-22(29)15-5-8-21(25-11-15)30-13-17-4-3-9-28(17)2/h5-8,10-12,17H,3-4,9,13H2,1-2H3,(H,24,26)(H,27,29)/t17-/m0/s1. The van der Waals surface area contributed by atoms with E-state index in [2.05, 4.69) is 32.2 Å². The van der Waals surface area contributed by atoms with Crippen LogP contribution in [-0.2, 0) is 0 Å². The van der Waals surface area contributed by atoms with Crippen molar-refractivity contribution in [3.05, 3.63) is 59.1 Å². The van der Waals surface area contributed by atoms with Gasteiger partial charge in [0.15, 0.2) is 0 Å². The molecule has 1 fully saturated rings. The molecule has 1 amide bonds. The molecule has 0 bridgehead atoms. The van der Waals surface area contributed by atoms with Crippen molar-refractivity contribution in [3.8, 4) is 17.1 Å². The van der Waals surface area contributed by atoms with E-state index < -0.39 is 0 Å². The third-order valence-electron chi connectivity index (χ3n) is 5.31. The molecule has 1 atom stereocenters. The second-order valence-electron chi connectivity index (χ2n) is 7.50. The van der Waals surface area contributed by atoms with Crippen molar-refractivity contribution in [2.45, 2.75) is 25.8 Å². The van der Waals surface area contributed by atoms with E-state index in [0.29, 0.717) is 34.8 Å². The lowest BCUT2D eigenvalue weighted by molar-refractivity contribution is 0.102. The predicted octanol–water partition coefficient (Wildman–Crippen LogP) is 4.16. The number of likely N-dealkylation sites (N-methyl/N-ethyl adjacent to an activating group) is 1. The number of aryl methyl sites for hydroxylation is 1. The van der Waals surface area contributed by atoms with E-state index >= 15 is 0 Å². The van der Waals surface area contributed by atoms with Gasteiger partial charge in [0, 0.05) is 29.6 Å². The van der Waals surface area contributed by atoms with Gasteiger partial charge in [-0.2, -0.15) is 0 Å². The summed E-state index contributed by atoms with van der Waals surface area (Å²) < 4.78 is 5.78. The summed E-state index contributed by atoms with van der Waals surface area (Å²) in [7, 11) is 2.11. The molecule has 0 saturated carbocycles. The first-order valence-corrected chi connectivity index (χ1v) is 10.3. The highest BCUT2D eigenvalue weighted by atomic mass is 35.5. The highest BCUT2D eigenvalue weighted by Gasteiger charge is 2.21. The molecule has 0 radical (unpaired) electrons. The zero-order valence-corrected chi connectivity index (χ0v) is 17.7. The van der Waals surface area contributed by atoms with Gasteiger partial charge in [0.2, 0.25) is 5.88 Å². The molecule has 156 valence electrons. The van der Waals surface area contributed by atoms with Crippen molar-refractivity contribution in [1.82, 2.24) is 19.9 Å². The number of halogens is 1. The molecule has 3 heterocycles. The van der Waals surface area contributed by atoms with E-state index in [1.807, 2.05) is 13.0 Å². The number of hydrogen-bond donors (Lipinski definition) is 2. The smallest absolute Gasteiger partial charge is 0.257 e. The Hall–Kier alpha value is -2.90. The normalized spacial score (nSPS) is 16.6. The van der Waals surface area contributed by atoms with E-state index in [1.54, 1.807) is 30.5 Å². The molecule has 0 unspecified atom stereocenters. The number of hydrogen-bond acceptors (Lipinski definition) is 5. The summed E-state index contributed by atoms with van der Waals surface area (Å²) in [5.74, 6) is 1.07. The molecule has 2 N–H and O–H groups in total. The molecule has 7 nitrogen and oxygen atoms in total. The number of ether oxygens (including phenoxy) is 1. The van der Waals surface area contributed by atoms with Gasteiger partial charge in [-0.1, -0.05) is 11.6 Å². The first-order valence-electron chi connectivity index (χ1n) is 9.91. The van der Waals surface area contributed by atoms with Crippen LogP contribution in [0.1, 0.15) is 29.0 Å². The zero-order valence-electron chi connectivity index (χ0n) is 17.0. The van der Waals surface area contributed by atoms with Crippen molar-refractivity contribution >= 4 is 23.2 Å². The molecule has 2 aromatic heterocycles. The fraction of sp³-hybridized carbons (Fsp3) is 0.318. The number of benzene rings is 1. The average molecular weight is 426 g/mol. The van der Waals surface area contributed by atoms with E-state index in [9.17, 15) is 4.79 Å². The minimum Gasteiger partial charge on any atom is -0.476 e. The summed E-state index contributed by atoms with van der Waals surface area (Å²) in [6.45, 7) is 3.58. The second kappa shape index (κ2) is 8.85. The number of imidazole rings is 1.